The van der Waals surface area contributed by atoms with Crippen LogP contribution in [0.15, 0.2) is 66.9 Å². The summed E-state index contributed by atoms with van der Waals surface area (Å²) in [6.45, 7) is 2.48. The lowest BCUT2D eigenvalue weighted by atomic mass is 10.0. The molecule has 1 aliphatic heterocycles. The Labute approximate surface area is 219 Å². The number of urea groups is 1. The molecule has 3 aromatic carbocycles. The monoisotopic (exact) mass is 539 g/mol. The lowest BCUT2D eigenvalue weighted by Crippen LogP contribution is -2.36. The summed E-state index contributed by atoms with van der Waals surface area (Å²) in [6, 6.07) is 11.2. The van der Waals surface area contributed by atoms with E-state index in [1.807, 2.05) is 4.90 Å². The van der Waals surface area contributed by atoms with Crippen molar-refractivity contribution in [2.75, 3.05) is 41.8 Å². The van der Waals surface area contributed by atoms with Crippen LogP contribution in [0.2, 0.25) is 0 Å². The molecule has 1 aromatic heterocycles. The van der Waals surface area contributed by atoms with Gasteiger partial charge in [-0.3, -0.25) is 9.78 Å². The molecule has 8 nitrogen and oxygen atoms in total. The van der Waals surface area contributed by atoms with E-state index in [4.69, 9.17) is 4.74 Å². The van der Waals surface area contributed by atoms with Crippen molar-refractivity contribution in [3.63, 3.8) is 0 Å². The zero-order valence-electron chi connectivity index (χ0n) is 20.3. The van der Waals surface area contributed by atoms with E-state index in [2.05, 4.69) is 20.6 Å². The Hall–Kier alpha value is -4.58. The number of carbonyl (C=O) groups is 2. The van der Waals surface area contributed by atoms with Crippen LogP contribution in [-0.2, 0) is 10.9 Å². The number of fused-ring (bicyclic) bond motifs is 1. The molecule has 1 fully saturated rings. The summed E-state index contributed by atoms with van der Waals surface area (Å²) in [5, 5.41) is 4.62. The molecule has 2 heterocycles. The molecule has 0 unspecified atom stereocenters. The predicted octanol–water partition coefficient (Wildman–Crippen LogP) is 5.50. The average molecular weight is 539 g/mol. The van der Waals surface area contributed by atoms with Crippen LogP contribution in [0.4, 0.5) is 39.5 Å². The van der Waals surface area contributed by atoms with Crippen molar-refractivity contribution in [2.45, 2.75) is 6.18 Å². The fourth-order valence-electron chi connectivity index (χ4n) is 4.11. The van der Waals surface area contributed by atoms with Crippen LogP contribution < -0.4 is 15.5 Å². The molecule has 12 heteroatoms. The summed E-state index contributed by atoms with van der Waals surface area (Å²) < 4.78 is 58.5. The van der Waals surface area contributed by atoms with Crippen LogP contribution in [0, 0.1) is 5.82 Å². The highest BCUT2D eigenvalue weighted by Crippen LogP contribution is 2.30. The van der Waals surface area contributed by atoms with E-state index in [1.54, 1.807) is 24.4 Å². The van der Waals surface area contributed by atoms with E-state index < -0.39 is 29.4 Å². The minimum atomic E-state index is -4.58. The van der Waals surface area contributed by atoms with Gasteiger partial charge in [0.1, 0.15) is 11.6 Å². The first-order valence-electron chi connectivity index (χ1n) is 11.9. The maximum Gasteiger partial charge on any atom is 0.416 e. The minimum Gasteiger partial charge on any atom is -0.378 e. The van der Waals surface area contributed by atoms with Gasteiger partial charge in [0.05, 0.1) is 36.0 Å². The number of rotatable bonds is 5. The number of hydrogen-bond acceptors (Lipinski definition) is 6. The second-order valence-corrected chi connectivity index (χ2v) is 8.75. The van der Waals surface area contributed by atoms with Gasteiger partial charge in [0, 0.05) is 35.6 Å². The highest BCUT2D eigenvalue weighted by atomic mass is 19.4. The van der Waals surface area contributed by atoms with Gasteiger partial charge in [-0.2, -0.15) is 13.2 Å². The Morgan fingerprint density at radius 3 is 2.41 bits per heavy atom. The topological polar surface area (TPSA) is 96.5 Å². The van der Waals surface area contributed by atoms with Gasteiger partial charge in [0.2, 0.25) is 0 Å². The molecule has 2 N–H and O–H groups in total. The average Bonchev–Trinajstić information content (AvgIpc) is 2.92. The summed E-state index contributed by atoms with van der Waals surface area (Å²) in [6.07, 6.45) is -2.92. The number of hydrogen-bond donors (Lipinski definition) is 2. The van der Waals surface area contributed by atoms with Gasteiger partial charge in [0.25, 0.3) is 0 Å². The van der Waals surface area contributed by atoms with E-state index in [0.29, 0.717) is 43.2 Å². The summed E-state index contributed by atoms with van der Waals surface area (Å²) in [5.41, 5.74) is 0.163. The SMILES string of the molecule is O=C(Nc1cc(F)cc(C(=O)c2ccc3ncc(N4CCOCC4)nc3c2)c1)Nc1cccc(C(F)(F)F)c1. The van der Waals surface area contributed by atoms with E-state index >= 15 is 0 Å². The number of anilines is 3. The van der Waals surface area contributed by atoms with E-state index in [9.17, 15) is 27.2 Å². The maximum absolute atomic E-state index is 14.4. The lowest BCUT2D eigenvalue weighted by molar-refractivity contribution is -0.137. The standard InChI is InChI=1S/C27H21F4N5O3/c28-19-10-17(11-21(14-19)34-26(38)33-20-3-1-2-18(13-20)27(29,30)31)25(37)16-4-5-22-23(12-16)35-24(15-32-22)36-6-8-39-9-7-36/h1-5,10-15H,6-9H2,(H2,33,34,38). The molecule has 200 valence electrons. The smallest absolute Gasteiger partial charge is 0.378 e. The first-order valence-corrected chi connectivity index (χ1v) is 11.9. The Bertz CT molecular complexity index is 1550. The Morgan fingerprint density at radius 1 is 0.872 bits per heavy atom. The normalized spacial score (nSPS) is 13.8. The van der Waals surface area contributed by atoms with Crippen LogP contribution in [0.5, 0.6) is 0 Å². The number of nitrogens with zero attached hydrogens (tertiary/aromatic N) is 3. The van der Waals surface area contributed by atoms with Crippen molar-refractivity contribution in [2.24, 2.45) is 0 Å². The third kappa shape index (κ3) is 6.12. The molecule has 4 aromatic rings. The summed E-state index contributed by atoms with van der Waals surface area (Å²) in [5.74, 6) is -0.652. The molecule has 0 saturated carbocycles. The second-order valence-electron chi connectivity index (χ2n) is 8.75. The van der Waals surface area contributed by atoms with Crippen LogP contribution in [0.3, 0.4) is 0 Å². The molecule has 0 aliphatic carbocycles. The highest BCUT2D eigenvalue weighted by molar-refractivity contribution is 6.11. The second kappa shape index (κ2) is 10.7. The lowest BCUT2D eigenvalue weighted by Gasteiger charge is -2.27. The Balaban J connectivity index is 1.34. The first-order chi connectivity index (χ1) is 18.7. The number of morpholine rings is 1. The molecule has 39 heavy (non-hydrogen) atoms. The van der Waals surface area contributed by atoms with Crippen molar-refractivity contribution < 1.29 is 31.9 Å². The Kier molecular flexibility index (Phi) is 7.11. The minimum absolute atomic E-state index is 0.0407. The van der Waals surface area contributed by atoms with Crippen molar-refractivity contribution in [3.8, 4) is 0 Å². The number of ketones is 1. The first kappa shape index (κ1) is 26.0. The molecular formula is C27H21F4N5O3. The Morgan fingerprint density at radius 2 is 1.64 bits per heavy atom. The zero-order chi connectivity index (χ0) is 27.6. The van der Waals surface area contributed by atoms with E-state index in [1.165, 1.54) is 12.1 Å². The molecule has 0 spiro atoms. The largest absolute Gasteiger partial charge is 0.416 e. The van der Waals surface area contributed by atoms with Crippen molar-refractivity contribution >= 4 is 40.0 Å². The van der Waals surface area contributed by atoms with Gasteiger partial charge < -0.3 is 20.3 Å². The van der Waals surface area contributed by atoms with Gasteiger partial charge in [-0.25, -0.2) is 14.2 Å². The molecule has 0 atom stereocenters. The third-order valence-electron chi connectivity index (χ3n) is 5.99. The zero-order valence-corrected chi connectivity index (χ0v) is 20.3. The molecule has 1 saturated heterocycles. The molecule has 1 aliphatic rings. The highest BCUT2D eigenvalue weighted by Gasteiger charge is 2.30. The van der Waals surface area contributed by atoms with Gasteiger partial charge in [0.15, 0.2) is 5.78 Å². The summed E-state index contributed by atoms with van der Waals surface area (Å²) >= 11 is 0. The number of nitrogens with one attached hydrogen (secondary N) is 2. The number of ether oxygens (including phenoxy) is 1. The van der Waals surface area contributed by atoms with Crippen molar-refractivity contribution in [1.29, 1.82) is 0 Å². The van der Waals surface area contributed by atoms with Crippen molar-refractivity contribution in [3.05, 3.63) is 89.4 Å². The van der Waals surface area contributed by atoms with Crippen molar-refractivity contribution in [1.82, 2.24) is 9.97 Å². The molecule has 2 amide bonds. The number of amides is 2. The summed E-state index contributed by atoms with van der Waals surface area (Å²) in [7, 11) is 0. The number of carbonyl (C=O) groups excluding carboxylic acids is 2. The quantitative estimate of drug-likeness (QED) is 0.257. The van der Waals surface area contributed by atoms with Crippen LogP contribution in [-0.4, -0.2) is 48.1 Å². The van der Waals surface area contributed by atoms with Crippen LogP contribution in [0.1, 0.15) is 21.5 Å². The number of alkyl halides is 3. The fraction of sp³-hybridized carbons (Fsp3) is 0.185. The third-order valence-corrected chi connectivity index (χ3v) is 5.99. The number of benzene rings is 3. The van der Waals surface area contributed by atoms with Crippen LogP contribution >= 0.6 is 0 Å². The molecule has 5 rings (SSSR count). The molecule has 0 radical (unpaired) electrons. The molecular weight excluding hydrogens is 518 g/mol. The van der Waals surface area contributed by atoms with Gasteiger partial charge in [-0.15, -0.1) is 0 Å². The fourth-order valence-corrected chi connectivity index (χ4v) is 4.11. The van der Waals surface area contributed by atoms with E-state index in [0.717, 1.165) is 30.3 Å². The van der Waals surface area contributed by atoms with Gasteiger partial charge in [-0.1, -0.05) is 6.07 Å². The number of aromatic nitrogens is 2. The number of halogens is 4. The summed E-state index contributed by atoms with van der Waals surface area (Å²) in [4.78, 5) is 36.6. The van der Waals surface area contributed by atoms with Gasteiger partial charge >= 0.3 is 12.2 Å². The maximum atomic E-state index is 14.4. The predicted molar refractivity (Wildman–Crippen MR) is 136 cm³/mol. The van der Waals surface area contributed by atoms with Gasteiger partial charge in [-0.05, 0) is 54.6 Å². The molecule has 0 bridgehead atoms. The van der Waals surface area contributed by atoms with Crippen LogP contribution in [0.25, 0.3) is 11.0 Å². The van der Waals surface area contributed by atoms with E-state index in [-0.39, 0.29) is 22.5 Å².